The van der Waals surface area contributed by atoms with Crippen LogP contribution < -0.4 is 9.47 Å². The molecule has 1 rings (SSSR count). The van der Waals surface area contributed by atoms with Gasteiger partial charge in [-0.2, -0.15) is 8.78 Å². The van der Waals surface area contributed by atoms with Gasteiger partial charge in [-0.05, 0) is 31.4 Å². The van der Waals surface area contributed by atoms with Crippen LogP contribution >= 0.6 is 0 Å². The first-order chi connectivity index (χ1) is 9.06. The van der Waals surface area contributed by atoms with Gasteiger partial charge in [0.1, 0.15) is 6.61 Å². The summed E-state index contributed by atoms with van der Waals surface area (Å²) in [6, 6.07) is 2.77. The molecule has 0 aliphatic carbocycles. The first-order valence-corrected chi connectivity index (χ1v) is 6.41. The zero-order valence-corrected chi connectivity index (χ0v) is 11.6. The van der Waals surface area contributed by atoms with Gasteiger partial charge in [0.05, 0.1) is 6.61 Å². The Labute approximate surface area is 113 Å². The Morgan fingerprint density at radius 1 is 1.11 bits per heavy atom. The van der Waals surface area contributed by atoms with Crippen molar-refractivity contribution in [3.05, 3.63) is 35.9 Å². The van der Waals surface area contributed by atoms with Crippen LogP contribution in [-0.2, 0) is 0 Å². The smallest absolute Gasteiger partial charge is 0.204 e. The second-order valence-corrected chi connectivity index (χ2v) is 4.60. The lowest BCUT2D eigenvalue weighted by Crippen LogP contribution is -2.05. The van der Waals surface area contributed by atoms with Gasteiger partial charge in [0.15, 0.2) is 11.5 Å². The number of halogens is 2. The molecule has 0 fully saturated rings. The summed E-state index contributed by atoms with van der Waals surface area (Å²) in [6.07, 6.45) is 4.28. The molecule has 1 aromatic rings. The third kappa shape index (κ3) is 4.89. The van der Waals surface area contributed by atoms with Crippen molar-refractivity contribution in [3.63, 3.8) is 0 Å². The Balaban J connectivity index is 2.68. The van der Waals surface area contributed by atoms with Crippen molar-refractivity contribution in [1.82, 2.24) is 0 Å². The minimum Gasteiger partial charge on any atom is -0.490 e. The van der Waals surface area contributed by atoms with Crippen molar-refractivity contribution < 1.29 is 18.3 Å². The van der Waals surface area contributed by atoms with E-state index in [0.29, 0.717) is 12.5 Å². The second kappa shape index (κ2) is 7.77. The molecule has 19 heavy (non-hydrogen) atoms. The fourth-order valence-corrected chi connectivity index (χ4v) is 1.38. The summed E-state index contributed by atoms with van der Waals surface area (Å²) in [6.45, 7) is 6.48. The monoisotopic (exact) mass is 270 g/mol. The molecule has 1 aromatic carbocycles. The van der Waals surface area contributed by atoms with Gasteiger partial charge >= 0.3 is 0 Å². The zero-order chi connectivity index (χ0) is 14.3. The molecule has 0 spiro atoms. The Morgan fingerprint density at radius 3 is 2.21 bits per heavy atom. The quantitative estimate of drug-likeness (QED) is 0.686. The molecule has 0 radical (unpaired) electrons. The maximum Gasteiger partial charge on any atom is 0.204 e. The van der Waals surface area contributed by atoms with E-state index in [9.17, 15) is 8.78 Å². The molecule has 106 valence electrons. The summed E-state index contributed by atoms with van der Waals surface area (Å²) in [5.41, 5.74) is 0. The highest BCUT2D eigenvalue weighted by Gasteiger charge is 2.15. The predicted octanol–water partition coefficient (Wildman–Crippen LogP) is 4.34. The van der Waals surface area contributed by atoms with Gasteiger partial charge in [-0.3, -0.25) is 0 Å². The first-order valence-electron chi connectivity index (χ1n) is 6.41. The number of allylic oxidation sites excluding steroid dienone is 1. The minimum absolute atomic E-state index is 0.0727. The topological polar surface area (TPSA) is 18.5 Å². The minimum atomic E-state index is -1.01. The largest absolute Gasteiger partial charge is 0.490 e. The Kier molecular flexibility index (Phi) is 6.33. The third-order valence-corrected chi connectivity index (χ3v) is 2.53. The van der Waals surface area contributed by atoms with Crippen molar-refractivity contribution in [2.45, 2.75) is 27.2 Å². The average molecular weight is 270 g/mol. The molecule has 2 nitrogen and oxygen atoms in total. The van der Waals surface area contributed by atoms with Crippen LogP contribution in [0.2, 0.25) is 0 Å². The van der Waals surface area contributed by atoms with Crippen molar-refractivity contribution in [2.75, 3.05) is 13.2 Å². The van der Waals surface area contributed by atoms with Gasteiger partial charge < -0.3 is 9.47 Å². The number of ether oxygens (including phenoxy) is 2. The fraction of sp³-hybridized carbons (Fsp3) is 0.467. The van der Waals surface area contributed by atoms with Crippen molar-refractivity contribution in [3.8, 4) is 11.5 Å². The van der Waals surface area contributed by atoms with Crippen molar-refractivity contribution in [2.24, 2.45) is 5.92 Å². The maximum absolute atomic E-state index is 13.7. The lowest BCUT2D eigenvalue weighted by Gasteiger charge is -2.11. The number of rotatable bonds is 7. The molecule has 0 bridgehead atoms. The van der Waals surface area contributed by atoms with Gasteiger partial charge in [0, 0.05) is 0 Å². The molecule has 0 amide bonds. The van der Waals surface area contributed by atoms with Crippen LogP contribution in [0, 0.1) is 17.6 Å². The molecule has 0 saturated carbocycles. The summed E-state index contributed by atoms with van der Waals surface area (Å²) in [7, 11) is 0. The molecule has 4 heteroatoms. The first kappa shape index (κ1) is 15.5. The molecule has 0 aliphatic heterocycles. The molecule has 0 heterocycles. The molecular weight excluding hydrogens is 250 g/mol. The molecule has 0 aliphatic rings. The summed E-state index contributed by atoms with van der Waals surface area (Å²) < 4.78 is 37.7. The van der Waals surface area contributed by atoms with E-state index in [-0.39, 0.29) is 18.1 Å². The van der Waals surface area contributed by atoms with Gasteiger partial charge in [0.2, 0.25) is 11.6 Å². The van der Waals surface area contributed by atoms with E-state index in [2.05, 4.69) is 0 Å². The van der Waals surface area contributed by atoms with E-state index >= 15 is 0 Å². The second-order valence-electron chi connectivity index (χ2n) is 4.60. The van der Waals surface area contributed by atoms with E-state index in [1.54, 1.807) is 12.2 Å². The van der Waals surface area contributed by atoms with Crippen LogP contribution in [0.25, 0.3) is 0 Å². The third-order valence-electron chi connectivity index (χ3n) is 2.53. The molecule has 0 atom stereocenters. The zero-order valence-electron chi connectivity index (χ0n) is 11.6. The maximum atomic E-state index is 13.7. The highest BCUT2D eigenvalue weighted by Crippen LogP contribution is 2.27. The Hall–Kier alpha value is -1.58. The van der Waals surface area contributed by atoms with Crippen LogP contribution in [0.4, 0.5) is 8.78 Å². The highest BCUT2D eigenvalue weighted by molar-refractivity contribution is 5.35. The lowest BCUT2D eigenvalue weighted by atomic mass is 10.1. The molecule has 0 saturated heterocycles. The fourth-order valence-electron chi connectivity index (χ4n) is 1.38. The normalized spacial score (nSPS) is 11.3. The summed E-state index contributed by atoms with van der Waals surface area (Å²) in [4.78, 5) is 0. The van der Waals surface area contributed by atoms with E-state index < -0.39 is 11.6 Å². The van der Waals surface area contributed by atoms with Crippen LogP contribution in [0.3, 0.4) is 0 Å². The average Bonchev–Trinajstić information content (AvgIpc) is 2.37. The van der Waals surface area contributed by atoms with E-state index in [1.165, 1.54) is 12.1 Å². The predicted molar refractivity (Wildman–Crippen MR) is 71.6 cm³/mol. The van der Waals surface area contributed by atoms with E-state index in [1.807, 2.05) is 20.8 Å². The molecule has 0 N–H and O–H groups in total. The number of hydrogen-bond acceptors (Lipinski definition) is 2. The van der Waals surface area contributed by atoms with Crippen LogP contribution in [0.5, 0.6) is 11.5 Å². The summed E-state index contributed by atoms with van der Waals surface area (Å²) >= 11 is 0. The Bertz CT molecular complexity index is 428. The van der Waals surface area contributed by atoms with E-state index in [4.69, 9.17) is 9.47 Å². The summed E-state index contributed by atoms with van der Waals surface area (Å²) in [5.74, 6) is -1.73. The SMILES string of the molecule is C/C=C/COc1ccc(OCCC(C)C)c(F)c1F. The van der Waals surface area contributed by atoms with Crippen molar-refractivity contribution in [1.29, 1.82) is 0 Å². The standard InChI is InChI=1S/C15H20F2O2/c1-4-5-9-18-12-6-7-13(15(17)14(12)16)19-10-8-11(2)3/h4-7,11H,8-10H2,1-3H3/b5-4+. The Morgan fingerprint density at radius 2 is 1.68 bits per heavy atom. The van der Waals surface area contributed by atoms with Crippen molar-refractivity contribution >= 4 is 0 Å². The highest BCUT2D eigenvalue weighted by atomic mass is 19.2. The van der Waals surface area contributed by atoms with Crippen LogP contribution in [0.15, 0.2) is 24.3 Å². The van der Waals surface area contributed by atoms with Gasteiger partial charge in [0.25, 0.3) is 0 Å². The molecular formula is C15H20F2O2. The lowest BCUT2D eigenvalue weighted by molar-refractivity contribution is 0.267. The number of hydrogen-bond donors (Lipinski definition) is 0. The summed E-state index contributed by atoms with van der Waals surface area (Å²) in [5, 5.41) is 0. The number of benzene rings is 1. The molecule has 0 unspecified atom stereocenters. The van der Waals surface area contributed by atoms with E-state index in [0.717, 1.165) is 6.42 Å². The van der Waals surface area contributed by atoms with Gasteiger partial charge in [-0.1, -0.05) is 26.0 Å². The van der Waals surface area contributed by atoms with Crippen LogP contribution in [0.1, 0.15) is 27.2 Å². The van der Waals surface area contributed by atoms with Gasteiger partial charge in [-0.25, -0.2) is 0 Å². The molecule has 0 aromatic heterocycles. The van der Waals surface area contributed by atoms with Crippen LogP contribution in [-0.4, -0.2) is 13.2 Å². The van der Waals surface area contributed by atoms with Gasteiger partial charge in [-0.15, -0.1) is 0 Å².